The van der Waals surface area contributed by atoms with Crippen LogP contribution in [0.5, 0.6) is 0 Å². The van der Waals surface area contributed by atoms with Gasteiger partial charge in [0.05, 0.1) is 5.70 Å². The third-order valence-corrected chi connectivity index (χ3v) is 6.39. The van der Waals surface area contributed by atoms with Gasteiger partial charge in [0, 0.05) is 31.0 Å². The lowest BCUT2D eigenvalue weighted by molar-refractivity contribution is -0.187. The van der Waals surface area contributed by atoms with E-state index in [2.05, 4.69) is 0 Å². The lowest BCUT2D eigenvalue weighted by atomic mass is 9.96. The Morgan fingerprint density at radius 3 is 1.92 bits per heavy atom. The molecule has 3 amide bonds. The summed E-state index contributed by atoms with van der Waals surface area (Å²) >= 11 is 0. The molecule has 3 rings (SSSR count). The Balaban J connectivity index is 2.30. The van der Waals surface area contributed by atoms with Crippen LogP contribution >= 0.6 is 0 Å². The number of halogens is 3. The number of hydrazine groups is 1. The smallest absolute Gasteiger partial charge is 0.304 e. The van der Waals surface area contributed by atoms with Gasteiger partial charge < -0.3 is 4.90 Å². The van der Waals surface area contributed by atoms with E-state index in [-0.39, 0.29) is 11.6 Å². The lowest BCUT2D eigenvalue weighted by Gasteiger charge is -2.47. The number of nitrogens with zero attached hydrogens (tertiary/aromatic N) is 3. The van der Waals surface area contributed by atoms with E-state index in [1.165, 1.54) is 11.1 Å². The summed E-state index contributed by atoms with van der Waals surface area (Å²) in [7, 11) is 0. The van der Waals surface area contributed by atoms with E-state index >= 15 is 0 Å². The fourth-order valence-electron chi connectivity index (χ4n) is 4.58. The fourth-order valence-corrected chi connectivity index (χ4v) is 4.58. The maximum atomic E-state index is 14.2. The zero-order valence-corrected chi connectivity index (χ0v) is 22.5. The average molecular weight is 544 g/mol. The van der Waals surface area contributed by atoms with E-state index in [0.717, 1.165) is 11.9 Å². The number of rotatable bonds is 8. The minimum Gasteiger partial charge on any atom is -0.304 e. The quantitative estimate of drug-likeness (QED) is 0.477. The van der Waals surface area contributed by atoms with Crippen LogP contribution in [-0.2, 0) is 25.6 Å². The highest BCUT2D eigenvalue weighted by molar-refractivity contribution is 6.00. The SMILES string of the molecule is CC(=O)N(C(Cc1ccccc1)C(=O)C(F)(F)F)N1C(=O)C(C(C)C)N(C(=O)C(C)C)C=C1c1ccccc1. The highest BCUT2D eigenvalue weighted by atomic mass is 19.4. The number of carbonyl (C=O) groups is 4. The van der Waals surface area contributed by atoms with Crippen LogP contribution in [0.3, 0.4) is 0 Å². The molecule has 7 nitrogen and oxygen atoms in total. The molecule has 39 heavy (non-hydrogen) atoms. The number of hydrogen-bond acceptors (Lipinski definition) is 4. The lowest BCUT2D eigenvalue weighted by Crippen LogP contribution is -2.64. The predicted molar refractivity (Wildman–Crippen MR) is 139 cm³/mol. The summed E-state index contributed by atoms with van der Waals surface area (Å²) in [5.74, 6) is -5.20. The maximum Gasteiger partial charge on any atom is 0.452 e. The van der Waals surface area contributed by atoms with Crippen LogP contribution in [0.1, 0.15) is 45.7 Å². The van der Waals surface area contributed by atoms with Crippen molar-refractivity contribution in [3.63, 3.8) is 0 Å². The van der Waals surface area contributed by atoms with Crippen LogP contribution < -0.4 is 0 Å². The summed E-state index contributed by atoms with van der Waals surface area (Å²) in [4.78, 5) is 54.6. The van der Waals surface area contributed by atoms with Crippen molar-refractivity contribution < 1.29 is 32.3 Å². The number of amides is 3. The highest BCUT2D eigenvalue weighted by Gasteiger charge is 2.51. The van der Waals surface area contributed by atoms with Crippen molar-refractivity contribution in [2.24, 2.45) is 11.8 Å². The van der Waals surface area contributed by atoms with Gasteiger partial charge in [-0.2, -0.15) is 13.2 Å². The molecule has 0 N–H and O–H groups in total. The molecule has 0 spiro atoms. The molecule has 1 heterocycles. The van der Waals surface area contributed by atoms with Gasteiger partial charge in [0.15, 0.2) is 0 Å². The van der Waals surface area contributed by atoms with Gasteiger partial charge in [-0.15, -0.1) is 0 Å². The summed E-state index contributed by atoms with van der Waals surface area (Å²) < 4.78 is 41.7. The number of ketones is 1. The van der Waals surface area contributed by atoms with Crippen LogP contribution in [0.4, 0.5) is 13.2 Å². The molecule has 0 bridgehead atoms. The molecular weight excluding hydrogens is 511 g/mol. The molecule has 0 aromatic heterocycles. The Morgan fingerprint density at radius 2 is 1.46 bits per heavy atom. The van der Waals surface area contributed by atoms with E-state index in [9.17, 15) is 32.3 Å². The van der Waals surface area contributed by atoms with Gasteiger partial charge in [-0.25, -0.2) is 10.0 Å². The predicted octanol–water partition coefficient (Wildman–Crippen LogP) is 4.84. The second-order valence-electron chi connectivity index (χ2n) is 10.1. The summed E-state index contributed by atoms with van der Waals surface area (Å²) in [6, 6.07) is 13.0. The molecule has 1 aliphatic heterocycles. The standard InChI is InChI=1S/C29H32F3N3O4/c1-18(2)25-28(39)35(24(22-14-10-7-11-15-22)17-33(25)27(38)19(3)4)34(20(5)36)23(26(37)29(30,31)32)16-21-12-8-6-9-13-21/h6-15,17-19,23,25H,16H2,1-5H3. The van der Waals surface area contributed by atoms with Gasteiger partial charge in [0.2, 0.25) is 11.8 Å². The molecular formula is C29H32F3N3O4. The second kappa shape index (κ2) is 11.8. The molecule has 0 saturated heterocycles. The normalized spacial score (nSPS) is 16.8. The van der Waals surface area contributed by atoms with Gasteiger partial charge in [-0.05, 0) is 11.5 Å². The van der Waals surface area contributed by atoms with Crippen LogP contribution in [-0.4, -0.2) is 56.7 Å². The van der Waals surface area contributed by atoms with Crippen molar-refractivity contribution in [3.05, 3.63) is 78.0 Å². The first kappa shape index (κ1) is 29.6. The van der Waals surface area contributed by atoms with Gasteiger partial charge in [-0.3, -0.25) is 19.2 Å². The molecule has 0 fully saturated rings. The summed E-state index contributed by atoms with van der Waals surface area (Å²) in [6.07, 6.45) is -4.37. The Hall–Kier alpha value is -3.95. The summed E-state index contributed by atoms with van der Waals surface area (Å²) in [5.41, 5.74) is 0.756. The third kappa shape index (κ3) is 6.38. The topological polar surface area (TPSA) is 78.0 Å². The van der Waals surface area contributed by atoms with Gasteiger partial charge >= 0.3 is 6.18 Å². The monoisotopic (exact) mass is 543 g/mol. The Kier molecular flexibility index (Phi) is 8.99. The first-order valence-electron chi connectivity index (χ1n) is 12.6. The molecule has 0 saturated carbocycles. The Morgan fingerprint density at radius 1 is 0.923 bits per heavy atom. The number of carbonyl (C=O) groups excluding carboxylic acids is 4. The number of alkyl halides is 3. The van der Waals surface area contributed by atoms with E-state index in [1.54, 1.807) is 88.4 Å². The van der Waals surface area contributed by atoms with E-state index < -0.39 is 54.1 Å². The first-order valence-corrected chi connectivity index (χ1v) is 12.6. The Labute approximate surface area is 225 Å². The second-order valence-corrected chi connectivity index (χ2v) is 10.1. The summed E-state index contributed by atoms with van der Waals surface area (Å²) in [5, 5.41) is 1.44. The van der Waals surface area contributed by atoms with Crippen LogP contribution in [0.15, 0.2) is 66.9 Å². The minimum atomic E-state index is -5.28. The van der Waals surface area contributed by atoms with Crippen molar-refractivity contribution in [1.82, 2.24) is 14.9 Å². The van der Waals surface area contributed by atoms with Crippen LogP contribution in [0.2, 0.25) is 0 Å². The zero-order valence-electron chi connectivity index (χ0n) is 22.5. The minimum absolute atomic E-state index is 0.00901. The van der Waals surface area contributed by atoms with Crippen LogP contribution in [0.25, 0.3) is 5.70 Å². The van der Waals surface area contributed by atoms with Crippen molar-refractivity contribution in [3.8, 4) is 0 Å². The van der Waals surface area contributed by atoms with E-state index in [1.807, 2.05) is 0 Å². The van der Waals surface area contributed by atoms with Crippen LogP contribution in [0, 0.1) is 11.8 Å². The highest BCUT2D eigenvalue weighted by Crippen LogP contribution is 2.35. The van der Waals surface area contributed by atoms with E-state index in [0.29, 0.717) is 16.1 Å². The molecule has 2 aromatic rings. The van der Waals surface area contributed by atoms with E-state index in [4.69, 9.17) is 0 Å². The van der Waals surface area contributed by atoms with Gasteiger partial charge in [-0.1, -0.05) is 88.4 Å². The molecule has 1 aliphatic rings. The molecule has 2 aromatic carbocycles. The van der Waals surface area contributed by atoms with Crippen molar-refractivity contribution in [2.75, 3.05) is 0 Å². The average Bonchev–Trinajstić information content (AvgIpc) is 2.88. The largest absolute Gasteiger partial charge is 0.452 e. The van der Waals surface area contributed by atoms with Crippen molar-refractivity contribution in [2.45, 2.75) is 59.3 Å². The molecule has 208 valence electrons. The molecule has 2 atom stereocenters. The number of benzene rings is 2. The maximum absolute atomic E-state index is 14.2. The Bertz CT molecular complexity index is 1240. The molecule has 10 heteroatoms. The molecule has 0 aliphatic carbocycles. The van der Waals surface area contributed by atoms with Gasteiger partial charge in [0.25, 0.3) is 11.7 Å². The zero-order chi connectivity index (χ0) is 29.1. The number of hydrogen-bond donors (Lipinski definition) is 0. The third-order valence-electron chi connectivity index (χ3n) is 6.39. The van der Waals surface area contributed by atoms with Crippen molar-refractivity contribution in [1.29, 1.82) is 0 Å². The number of Topliss-reactive ketones (excluding diaryl/α,β-unsaturated/α-hetero) is 1. The van der Waals surface area contributed by atoms with Gasteiger partial charge in [0.1, 0.15) is 12.1 Å². The summed E-state index contributed by atoms with van der Waals surface area (Å²) in [6.45, 7) is 7.75. The molecule has 0 radical (unpaired) electrons. The first-order chi connectivity index (χ1) is 18.3. The molecule has 2 unspecified atom stereocenters. The van der Waals surface area contributed by atoms with Crippen molar-refractivity contribution >= 4 is 29.2 Å². The fraction of sp³-hybridized carbons (Fsp3) is 0.379.